The summed E-state index contributed by atoms with van der Waals surface area (Å²) in [6, 6.07) is 9.81. The molecule has 1 heterocycles. The highest BCUT2D eigenvalue weighted by molar-refractivity contribution is 9.10. The first kappa shape index (κ1) is 17.4. The van der Waals surface area contributed by atoms with Crippen molar-refractivity contribution < 1.29 is 24.2 Å². The minimum atomic E-state index is -1.93. The number of Topliss-reactive ketones (excluding diaryl/α,β-unsaturated/α-hetero) is 1. The maximum Gasteiger partial charge on any atom is 0.261 e. The van der Waals surface area contributed by atoms with E-state index < -0.39 is 23.7 Å². The number of rotatable bonds is 5. The molecule has 0 saturated heterocycles. The fourth-order valence-electron chi connectivity index (χ4n) is 2.86. The average molecular weight is 406 g/mol. The lowest BCUT2D eigenvalue weighted by molar-refractivity contribution is -0.133. The minimum Gasteiger partial charge on any atom is -0.497 e. The van der Waals surface area contributed by atoms with E-state index in [0.29, 0.717) is 22.7 Å². The average Bonchev–Trinajstić information content (AvgIpc) is 2.83. The molecule has 0 aliphatic carbocycles. The van der Waals surface area contributed by atoms with Crippen LogP contribution in [0.25, 0.3) is 0 Å². The highest BCUT2D eigenvalue weighted by atomic mass is 79.9. The van der Waals surface area contributed by atoms with Gasteiger partial charge < -0.3 is 19.9 Å². The molecule has 25 heavy (non-hydrogen) atoms. The number of carbonyl (C=O) groups is 2. The molecule has 2 aromatic rings. The SMILES string of the molecule is COc1ccc(OC)c(C(=O)C[C@]2(O)C(=O)Nc3cc(Br)ccc32)c1. The summed E-state index contributed by atoms with van der Waals surface area (Å²) in [5.74, 6) is -0.222. The van der Waals surface area contributed by atoms with Crippen molar-refractivity contribution >= 4 is 33.3 Å². The van der Waals surface area contributed by atoms with E-state index in [9.17, 15) is 14.7 Å². The Morgan fingerprint density at radius 2 is 1.96 bits per heavy atom. The fourth-order valence-corrected chi connectivity index (χ4v) is 3.22. The van der Waals surface area contributed by atoms with Gasteiger partial charge in [-0.2, -0.15) is 0 Å². The molecule has 130 valence electrons. The third-order valence-electron chi connectivity index (χ3n) is 4.17. The Balaban J connectivity index is 1.97. The number of methoxy groups -OCH3 is 2. The molecule has 0 fully saturated rings. The number of ketones is 1. The number of ether oxygens (including phenoxy) is 2. The van der Waals surface area contributed by atoms with Gasteiger partial charge in [-0.1, -0.05) is 22.0 Å². The van der Waals surface area contributed by atoms with Gasteiger partial charge in [0.2, 0.25) is 0 Å². The Hall–Kier alpha value is -2.38. The van der Waals surface area contributed by atoms with Crippen molar-refractivity contribution in [1.29, 1.82) is 0 Å². The number of fused-ring (bicyclic) bond motifs is 1. The minimum absolute atomic E-state index is 0.244. The van der Waals surface area contributed by atoms with Gasteiger partial charge in [0.05, 0.1) is 26.2 Å². The van der Waals surface area contributed by atoms with E-state index in [1.807, 2.05) is 0 Å². The highest BCUT2D eigenvalue weighted by Gasteiger charge is 2.47. The summed E-state index contributed by atoms with van der Waals surface area (Å²) in [5, 5.41) is 13.5. The van der Waals surface area contributed by atoms with Crippen LogP contribution in [0, 0.1) is 0 Å². The largest absolute Gasteiger partial charge is 0.497 e. The van der Waals surface area contributed by atoms with Crippen LogP contribution in [0.15, 0.2) is 40.9 Å². The molecule has 3 rings (SSSR count). The van der Waals surface area contributed by atoms with Crippen molar-refractivity contribution in [1.82, 2.24) is 0 Å². The molecule has 7 heteroatoms. The van der Waals surface area contributed by atoms with Crippen LogP contribution >= 0.6 is 15.9 Å². The number of amides is 1. The molecule has 0 aromatic heterocycles. The van der Waals surface area contributed by atoms with Gasteiger partial charge in [-0.25, -0.2) is 0 Å². The van der Waals surface area contributed by atoms with Crippen molar-refractivity contribution in [3.05, 3.63) is 52.0 Å². The van der Waals surface area contributed by atoms with Gasteiger partial charge in [0.1, 0.15) is 11.5 Å². The third kappa shape index (κ3) is 3.01. The molecule has 1 aliphatic rings. The molecule has 0 radical (unpaired) electrons. The second kappa shape index (κ2) is 6.50. The standard InChI is InChI=1S/C18H16BrNO5/c1-24-11-4-6-16(25-2)12(8-11)15(21)9-18(23)13-5-3-10(19)7-14(13)20-17(18)22/h3-8,23H,9H2,1-2H3,(H,20,22)/t18-/m1/s1. The Kier molecular flexibility index (Phi) is 4.53. The molecule has 2 N–H and O–H groups in total. The zero-order chi connectivity index (χ0) is 18.2. The van der Waals surface area contributed by atoms with Crippen molar-refractivity contribution in [2.75, 3.05) is 19.5 Å². The lowest BCUT2D eigenvalue weighted by Crippen LogP contribution is -2.36. The summed E-state index contributed by atoms with van der Waals surface area (Å²) in [5.41, 5.74) is -0.835. The topological polar surface area (TPSA) is 84.9 Å². The molecule has 0 saturated carbocycles. The van der Waals surface area contributed by atoms with Crippen LogP contribution in [0.3, 0.4) is 0 Å². The molecule has 1 atom stereocenters. The van der Waals surface area contributed by atoms with Crippen LogP contribution in [-0.4, -0.2) is 31.0 Å². The number of aliphatic hydroxyl groups is 1. The Morgan fingerprint density at radius 3 is 2.64 bits per heavy atom. The maximum absolute atomic E-state index is 12.8. The van der Waals surface area contributed by atoms with Gasteiger partial charge in [0.15, 0.2) is 11.4 Å². The normalized spacial score (nSPS) is 18.5. The van der Waals surface area contributed by atoms with E-state index >= 15 is 0 Å². The van der Waals surface area contributed by atoms with Gasteiger partial charge in [-0.3, -0.25) is 9.59 Å². The van der Waals surface area contributed by atoms with E-state index in [2.05, 4.69) is 21.2 Å². The van der Waals surface area contributed by atoms with E-state index in [0.717, 1.165) is 4.47 Å². The van der Waals surface area contributed by atoms with E-state index in [1.165, 1.54) is 20.3 Å². The van der Waals surface area contributed by atoms with Gasteiger partial charge in [-0.05, 0) is 30.3 Å². The van der Waals surface area contributed by atoms with Gasteiger partial charge in [0, 0.05) is 15.7 Å². The Bertz CT molecular complexity index is 867. The Labute approximate surface area is 152 Å². The number of hydrogen-bond acceptors (Lipinski definition) is 5. The molecule has 1 amide bonds. The smallest absolute Gasteiger partial charge is 0.261 e. The fraction of sp³-hybridized carbons (Fsp3) is 0.222. The summed E-state index contributed by atoms with van der Waals surface area (Å²) in [4.78, 5) is 25.1. The monoisotopic (exact) mass is 405 g/mol. The first-order valence-corrected chi connectivity index (χ1v) is 8.27. The molecular formula is C18H16BrNO5. The maximum atomic E-state index is 12.8. The van der Waals surface area contributed by atoms with Crippen molar-refractivity contribution in [3.63, 3.8) is 0 Å². The third-order valence-corrected chi connectivity index (χ3v) is 4.67. The van der Waals surface area contributed by atoms with Crippen LogP contribution in [0.4, 0.5) is 5.69 Å². The number of nitrogens with one attached hydrogen (secondary N) is 1. The lowest BCUT2D eigenvalue weighted by atomic mass is 9.88. The first-order valence-electron chi connectivity index (χ1n) is 7.48. The summed E-state index contributed by atoms with van der Waals surface area (Å²) >= 11 is 3.31. The first-order chi connectivity index (χ1) is 11.9. The molecule has 0 unspecified atom stereocenters. The molecule has 2 aromatic carbocycles. The van der Waals surface area contributed by atoms with Crippen molar-refractivity contribution in [2.45, 2.75) is 12.0 Å². The summed E-state index contributed by atoms with van der Waals surface area (Å²) in [6.45, 7) is 0. The quantitative estimate of drug-likeness (QED) is 0.747. The van der Waals surface area contributed by atoms with Crippen LogP contribution in [-0.2, 0) is 10.4 Å². The van der Waals surface area contributed by atoms with Crippen LogP contribution in [0.5, 0.6) is 11.5 Å². The number of halogens is 1. The number of carbonyl (C=O) groups excluding carboxylic acids is 2. The number of anilines is 1. The molecule has 1 aliphatic heterocycles. The predicted octanol–water partition coefficient (Wildman–Crippen LogP) is 2.88. The van der Waals surface area contributed by atoms with Gasteiger partial charge in [0.25, 0.3) is 5.91 Å². The number of benzene rings is 2. The van der Waals surface area contributed by atoms with Crippen molar-refractivity contribution in [3.8, 4) is 11.5 Å². The Morgan fingerprint density at radius 1 is 1.20 bits per heavy atom. The highest BCUT2D eigenvalue weighted by Crippen LogP contribution is 2.41. The van der Waals surface area contributed by atoms with Crippen LogP contribution < -0.4 is 14.8 Å². The molecule has 6 nitrogen and oxygen atoms in total. The van der Waals surface area contributed by atoms with Crippen LogP contribution in [0.1, 0.15) is 22.3 Å². The second-order valence-corrected chi connectivity index (χ2v) is 6.59. The second-order valence-electron chi connectivity index (χ2n) is 5.67. The zero-order valence-corrected chi connectivity index (χ0v) is 15.2. The van der Waals surface area contributed by atoms with E-state index in [-0.39, 0.29) is 5.56 Å². The van der Waals surface area contributed by atoms with Crippen LogP contribution in [0.2, 0.25) is 0 Å². The zero-order valence-electron chi connectivity index (χ0n) is 13.6. The summed E-state index contributed by atoms with van der Waals surface area (Å²) in [6.07, 6.45) is -0.406. The van der Waals surface area contributed by atoms with Gasteiger partial charge in [-0.15, -0.1) is 0 Å². The predicted molar refractivity (Wildman–Crippen MR) is 95.2 cm³/mol. The van der Waals surface area contributed by atoms with E-state index in [1.54, 1.807) is 30.3 Å². The lowest BCUT2D eigenvalue weighted by Gasteiger charge is -2.20. The molecule has 0 spiro atoms. The van der Waals surface area contributed by atoms with E-state index in [4.69, 9.17) is 9.47 Å². The van der Waals surface area contributed by atoms with Gasteiger partial charge >= 0.3 is 0 Å². The summed E-state index contributed by atoms with van der Waals surface area (Å²) < 4.78 is 11.1. The molecular weight excluding hydrogens is 390 g/mol. The van der Waals surface area contributed by atoms with Crippen molar-refractivity contribution in [2.24, 2.45) is 0 Å². The molecule has 0 bridgehead atoms. The number of hydrogen-bond donors (Lipinski definition) is 2. The summed E-state index contributed by atoms with van der Waals surface area (Å²) in [7, 11) is 2.94.